The molecule has 2 aliphatic rings. The molecule has 0 aromatic heterocycles. The van der Waals surface area contributed by atoms with Crippen LogP contribution in [0.2, 0.25) is 0 Å². The van der Waals surface area contributed by atoms with Crippen LogP contribution in [0.15, 0.2) is 41.4 Å². The van der Waals surface area contributed by atoms with Crippen molar-refractivity contribution in [1.29, 1.82) is 0 Å². The third-order valence-electron chi connectivity index (χ3n) is 4.39. The third kappa shape index (κ3) is 3.13. The van der Waals surface area contributed by atoms with Gasteiger partial charge in [-0.25, -0.2) is 14.2 Å². The van der Waals surface area contributed by atoms with Gasteiger partial charge >= 0.3 is 6.09 Å². The van der Waals surface area contributed by atoms with Crippen LogP contribution >= 0.6 is 0 Å². The Morgan fingerprint density at radius 2 is 2.16 bits per heavy atom. The van der Waals surface area contributed by atoms with Gasteiger partial charge in [0.1, 0.15) is 12.4 Å². The molecule has 0 radical (unpaired) electrons. The fourth-order valence-electron chi connectivity index (χ4n) is 3.24. The number of amides is 1. The summed E-state index contributed by atoms with van der Waals surface area (Å²) in [5.74, 6) is -0.223. The first-order chi connectivity index (χ1) is 12.1. The van der Waals surface area contributed by atoms with Gasteiger partial charge in [0.25, 0.3) is 6.02 Å². The van der Waals surface area contributed by atoms with Gasteiger partial charge in [0.15, 0.2) is 0 Å². The number of aliphatic imine (C=N–C) groups is 1. The molecule has 0 fully saturated rings. The summed E-state index contributed by atoms with van der Waals surface area (Å²) >= 11 is 0. The Kier molecular flexibility index (Phi) is 3.76. The number of halogens is 1. The Balaban J connectivity index is 1.53. The van der Waals surface area contributed by atoms with Crippen LogP contribution in [0.3, 0.4) is 0 Å². The lowest BCUT2D eigenvalue weighted by Crippen LogP contribution is -2.23. The number of anilines is 2. The molecule has 3 N–H and O–H groups in total. The van der Waals surface area contributed by atoms with Gasteiger partial charge in [0.05, 0.1) is 6.04 Å². The van der Waals surface area contributed by atoms with Crippen molar-refractivity contribution in [3.8, 4) is 0 Å². The summed E-state index contributed by atoms with van der Waals surface area (Å²) in [6.45, 7) is 0.305. The van der Waals surface area contributed by atoms with Crippen LogP contribution in [0.4, 0.5) is 20.6 Å². The molecule has 6 nitrogen and oxygen atoms in total. The minimum Gasteiger partial charge on any atom is -0.465 e. The highest BCUT2D eigenvalue weighted by Gasteiger charge is 2.24. The first-order valence-corrected chi connectivity index (χ1v) is 7.97. The average molecular weight is 341 g/mol. The molecule has 1 unspecified atom stereocenters. The van der Waals surface area contributed by atoms with Crippen LogP contribution in [-0.2, 0) is 17.8 Å². The topological polar surface area (TPSA) is 83.0 Å². The molecular weight excluding hydrogens is 325 g/mol. The summed E-state index contributed by atoms with van der Waals surface area (Å²) in [6.07, 6.45) is 0.514. The number of hydrogen-bond acceptors (Lipinski definition) is 3. The van der Waals surface area contributed by atoms with Crippen LogP contribution < -0.4 is 10.6 Å². The summed E-state index contributed by atoms with van der Waals surface area (Å²) < 4.78 is 19.0. The second-order valence-electron chi connectivity index (χ2n) is 6.05. The summed E-state index contributed by atoms with van der Waals surface area (Å²) in [6, 6.07) is 10.4. The Morgan fingerprint density at radius 3 is 3.00 bits per heavy atom. The maximum atomic E-state index is 13.3. The van der Waals surface area contributed by atoms with E-state index in [1.54, 1.807) is 30.3 Å². The zero-order valence-corrected chi connectivity index (χ0v) is 13.3. The second kappa shape index (κ2) is 6.08. The van der Waals surface area contributed by atoms with E-state index in [2.05, 4.69) is 15.6 Å². The summed E-state index contributed by atoms with van der Waals surface area (Å²) in [5, 5.41) is 14.2. The number of benzene rings is 2. The number of nitrogens with zero attached hydrogens (tertiary/aromatic N) is 1. The van der Waals surface area contributed by atoms with Gasteiger partial charge in [0.2, 0.25) is 0 Å². The summed E-state index contributed by atoms with van der Waals surface area (Å²) in [5.41, 5.74) is 4.20. The summed E-state index contributed by atoms with van der Waals surface area (Å²) in [7, 11) is 0. The van der Waals surface area contributed by atoms with Crippen LogP contribution in [0.5, 0.6) is 0 Å². The minimum atomic E-state index is -1.11. The normalized spacial score (nSPS) is 19.6. The van der Waals surface area contributed by atoms with E-state index in [1.165, 1.54) is 6.07 Å². The van der Waals surface area contributed by atoms with E-state index in [0.29, 0.717) is 18.3 Å². The largest absolute Gasteiger partial charge is 0.465 e. The van der Waals surface area contributed by atoms with E-state index in [0.717, 1.165) is 35.2 Å². The van der Waals surface area contributed by atoms with Crippen molar-refractivity contribution in [2.24, 2.45) is 4.99 Å². The fraction of sp³-hybridized carbons (Fsp3) is 0.222. The van der Waals surface area contributed by atoms with Crippen LogP contribution in [0.1, 0.15) is 29.2 Å². The highest BCUT2D eigenvalue weighted by Crippen LogP contribution is 2.35. The van der Waals surface area contributed by atoms with Gasteiger partial charge in [-0.1, -0.05) is 6.07 Å². The molecule has 4 rings (SSSR count). The van der Waals surface area contributed by atoms with Crippen molar-refractivity contribution in [2.45, 2.75) is 25.5 Å². The molecule has 128 valence electrons. The SMILES string of the molecule is O=C(O)Nc1ccc2c(c1)COC(=NC1CCc3cc(F)ccc31)N2. The number of rotatable bonds is 2. The maximum Gasteiger partial charge on any atom is 0.409 e. The lowest BCUT2D eigenvalue weighted by Gasteiger charge is -2.22. The van der Waals surface area contributed by atoms with Crippen LogP contribution in [0.25, 0.3) is 0 Å². The molecule has 1 heterocycles. The molecule has 0 spiro atoms. The molecule has 2 aromatic carbocycles. The van der Waals surface area contributed by atoms with Crippen molar-refractivity contribution in [2.75, 3.05) is 10.6 Å². The van der Waals surface area contributed by atoms with Gasteiger partial charge in [-0.2, -0.15) is 0 Å². The predicted octanol–water partition coefficient (Wildman–Crippen LogP) is 3.90. The lowest BCUT2D eigenvalue weighted by atomic mass is 10.1. The predicted molar refractivity (Wildman–Crippen MR) is 91.4 cm³/mol. The Morgan fingerprint density at radius 1 is 1.28 bits per heavy atom. The van der Waals surface area contributed by atoms with E-state index in [9.17, 15) is 9.18 Å². The number of carbonyl (C=O) groups is 1. The average Bonchev–Trinajstić information content (AvgIpc) is 2.96. The number of amidine groups is 1. The number of fused-ring (bicyclic) bond motifs is 2. The van der Waals surface area contributed by atoms with Gasteiger partial charge in [0, 0.05) is 16.9 Å². The first kappa shape index (κ1) is 15.4. The number of aryl methyl sites for hydroxylation is 1. The van der Waals surface area contributed by atoms with Gasteiger partial charge in [-0.05, 0) is 54.3 Å². The molecule has 0 saturated carbocycles. The molecule has 7 heteroatoms. The fourth-order valence-corrected chi connectivity index (χ4v) is 3.24. The molecule has 1 aliphatic carbocycles. The first-order valence-electron chi connectivity index (χ1n) is 7.97. The van der Waals surface area contributed by atoms with Crippen molar-refractivity contribution >= 4 is 23.5 Å². The molecule has 1 atom stereocenters. The standard InChI is InChI=1S/C18H16FN3O3/c19-12-2-4-14-10(7-12)1-5-16(14)22-17-21-15-6-3-13(20-18(23)24)8-11(15)9-25-17/h2-4,6-8,16,20H,1,5,9H2,(H,21,22)(H,23,24). The number of carboxylic acid groups (broad SMARTS) is 1. The number of hydrogen-bond donors (Lipinski definition) is 3. The highest BCUT2D eigenvalue weighted by atomic mass is 19.1. The van der Waals surface area contributed by atoms with Crippen LogP contribution in [-0.4, -0.2) is 17.2 Å². The van der Waals surface area contributed by atoms with E-state index in [4.69, 9.17) is 9.84 Å². The van der Waals surface area contributed by atoms with Crippen LogP contribution in [0, 0.1) is 5.82 Å². The Labute approximate surface area is 143 Å². The molecular formula is C18H16FN3O3. The minimum absolute atomic E-state index is 0.0485. The molecule has 25 heavy (non-hydrogen) atoms. The van der Waals surface area contributed by atoms with Crippen molar-refractivity contribution in [1.82, 2.24) is 0 Å². The number of nitrogens with one attached hydrogen (secondary N) is 2. The quantitative estimate of drug-likeness (QED) is 0.773. The van der Waals surface area contributed by atoms with E-state index >= 15 is 0 Å². The monoisotopic (exact) mass is 341 g/mol. The van der Waals surface area contributed by atoms with Crippen molar-refractivity contribution in [3.63, 3.8) is 0 Å². The Bertz CT molecular complexity index is 882. The van der Waals surface area contributed by atoms with E-state index < -0.39 is 6.09 Å². The van der Waals surface area contributed by atoms with E-state index in [1.807, 2.05) is 0 Å². The molecule has 2 aromatic rings. The molecule has 0 bridgehead atoms. The lowest BCUT2D eigenvalue weighted by molar-refractivity contribution is 0.209. The highest BCUT2D eigenvalue weighted by molar-refractivity contribution is 5.92. The molecule has 0 saturated heterocycles. The maximum absolute atomic E-state index is 13.3. The molecule has 1 aliphatic heterocycles. The Hall–Kier alpha value is -3.09. The zero-order chi connectivity index (χ0) is 17.4. The zero-order valence-electron chi connectivity index (χ0n) is 13.3. The van der Waals surface area contributed by atoms with Crippen molar-refractivity contribution < 1.29 is 19.0 Å². The van der Waals surface area contributed by atoms with Crippen molar-refractivity contribution in [3.05, 3.63) is 58.9 Å². The van der Waals surface area contributed by atoms with Gasteiger partial charge in [-0.3, -0.25) is 5.32 Å². The third-order valence-corrected chi connectivity index (χ3v) is 4.39. The van der Waals surface area contributed by atoms with E-state index in [-0.39, 0.29) is 11.9 Å². The number of ether oxygens (including phenoxy) is 1. The molecule has 1 amide bonds. The van der Waals surface area contributed by atoms with Gasteiger partial charge in [-0.15, -0.1) is 0 Å². The summed E-state index contributed by atoms with van der Waals surface area (Å²) in [4.78, 5) is 15.3. The smallest absolute Gasteiger partial charge is 0.409 e. The van der Waals surface area contributed by atoms with Gasteiger partial charge < -0.3 is 15.2 Å². The second-order valence-corrected chi connectivity index (χ2v) is 6.05.